The lowest BCUT2D eigenvalue weighted by Crippen LogP contribution is -2.43. The van der Waals surface area contributed by atoms with Gasteiger partial charge in [-0.15, -0.1) is 0 Å². The molecule has 1 aliphatic heterocycles. The highest BCUT2D eigenvalue weighted by molar-refractivity contribution is 7.92. The monoisotopic (exact) mass is 455 g/mol. The Balaban J connectivity index is 1.73. The van der Waals surface area contributed by atoms with E-state index >= 15 is 0 Å². The van der Waals surface area contributed by atoms with Crippen LogP contribution >= 0.6 is 0 Å². The van der Waals surface area contributed by atoms with E-state index in [9.17, 15) is 13.2 Å². The Hall–Kier alpha value is -2.80. The molecular formula is C25H29NO5S. The minimum atomic E-state index is -3.83. The third-order valence-corrected chi connectivity index (χ3v) is 7.81. The van der Waals surface area contributed by atoms with Crippen molar-refractivity contribution in [3.8, 4) is 5.75 Å². The number of carbonyl (C=O) groups is 1. The van der Waals surface area contributed by atoms with Crippen LogP contribution in [0.2, 0.25) is 0 Å². The van der Waals surface area contributed by atoms with Gasteiger partial charge >= 0.3 is 5.97 Å². The van der Waals surface area contributed by atoms with E-state index in [2.05, 4.69) is 6.08 Å². The summed E-state index contributed by atoms with van der Waals surface area (Å²) in [5.41, 5.74) is 3.71. The molecule has 0 bridgehead atoms. The fourth-order valence-corrected chi connectivity index (χ4v) is 5.97. The summed E-state index contributed by atoms with van der Waals surface area (Å²) in [6.45, 7) is 1.94. The minimum absolute atomic E-state index is 0.0799. The number of rotatable bonds is 6. The predicted molar refractivity (Wildman–Crippen MR) is 125 cm³/mol. The van der Waals surface area contributed by atoms with Crippen molar-refractivity contribution in [3.05, 3.63) is 59.2 Å². The van der Waals surface area contributed by atoms with Gasteiger partial charge in [0.2, 0.25) is 0 Å². The number of aryl methyl sites for hydroxylation is 1. The number of benzene rings is 2. The molecule has 6 nitrogen and oxygen atoms in total. The quantitative estimate of drug-likeness (QED) is 0.650. The number of anilines is 1. The zero-order chi connectivity index (χ0) is 22.7. The van der Waals surface area contributed by atoms with Gasteiger partial charge in [0.1, 0.15) is 11.9 Å². The molecule has 1 aliphatic carbocycles. The third-order valence-electron chi connectivity index (χ3n) is 6.04. The molecule has 0 spiro atoms. The fourth-order valence-electron chi connectivity index (χ4n) is 4.37. The maximum Gasteiger partial charge on any atom is 0.303 e. The van der Waals surface area contributed by atoms with E-state index in [1.807, 2.05) is 25.1 Å². The van der Waals surface area contributed by atoms with E-state index in [4.69, 9.17) is 9.84 Å². The summed E-state index contributed by atoms with van der Waals surface area (Å²) in [4.78, 5) is 11.3. The van der Waals surface area contributed by atoms with E-state index in [0.29, 0.717) is 11.4 Å². The van der Waals surface area contributed by atoms with Gasteiger partial charge in [-0.1, -0.05) is 36.3 Å². The van der Waals surface area contributed by atoms with Gasteiger partial charge in [0, 0.05) is 6.42 Å². The Morgan fingerprint density at radius 3 is 2.66 bits per heavy atom. The molecule has 1 heterocycles. The summed E-state index contributed by atoms with van der Waals surface area (Å²) in [5.74, 6) is -0.462. The minimum Gasteiger partial charge on any atom is -0.486 e. The first kappa shape index (κ1) is 22.4. The first-order valence-corrected chi connectivity index (χ1v) is 12.6. The van der Waals surface area contributed by atoms with Crippen LogP contribution in [0.1, 0.15) is 56.1 Å². The van der Waals surface area contributed by atoms with Crippen LogP contribution in [-0.2, 0) is 14.8 Å². The third kappa shape index (κ3) is 4.99. The number of carboxylic acid groups (broad SMARTS) is 1. The molecule has 170 valence electrons. The summed E-state index contributed by atoms with van der Waals surface area (Å²) in [7, 11) is -3.83. The topological polar surface area (TPSA) is 83.9 Å². The molecule has 7 heteroatoms. The number of hydrogen-bond donors (Lipinski definition) is 1. The number of hydrogen-bond acceptors (Lipinski definition) is 4. The Morgan fingerprint density at radius 2 is 1.94 bits per heavy atom. The van der Waals surface area contributed by atoms with Crippen LogP contribution in [0, 0.1) is 6.92 Å². The van der Waals surface area contributed by atoms with Crippen molar-refractivity contribution in [3.63, 3.8) is 0 Å². The number of aliphatic carboxylic acids is 1. The molecule has 2 aliphatic rings. The second-order valence-corrected chi connectivity index (χ2v) is 10.5. The zero-order valence-corrected chi connectivity index (χ0v) is 19.1. The molecule has 0 unspecified atom stereocenters. The van der Waals surface area contributed by atoms with Crippen LogP contribution in [0.25, 0.3) is 6.08 Å². The summed E-state index contributed by atoms with van der Waals surface area (Å²) in [6.07, 6.45) is 7.59. The van der Waals surface area contributed by atoms with Crippen molar-refractivity contribution >= 4 is 27.8 Å². The highest BCUT2D eigenvalue weighted by Gasteiger charge is 2.35. The molecule has 1 atom stereocenters. The number of fused-ring (bicyclic) bond motifs is 1. The Morgan fingerprint density at radius 1 is 1.16 bits per heavy atom. The van der Waals surface area contributed by atoms with Crippen molar-refractivity contribution in [2.75, 3.05) is 10.8 Å². The molecule has 1 fully saturated rings. The highest BCUT2D eigenvalue weighted by Crippen LogP contribution is 2.39. The average Bonchev–Trinajstić information content (AvgIpc) is 2.78. The number of sulfonamides is 1. The van der Waals surface area contributed by atoms with Gasteiger partial charge in [0.15, 0.2) is 0 Å². The fraction of sp³-hybridized carbons (Fsp3) is 0.400. The number of nitrogens with zero attached hydrogens (tertiary/aromatic N) is 1. The van der Waals surface area contributed by atoms with Crippen LogP contribution in [0.3, 0.4) is 0 Å². The van der Waals surface area contributed by atoms with Crippen molar-refractivity contribution in [2.45, 2.75) is 62.9 Å². The first-order valence-electron chi connectivity index (χ1n) is 11.1. The van der Waals surface area contributed by atoms with Gasteiger partial charge in [0.25, 0.3) is 10.0 Å². The molecule has 2 aromatic carbocycles. The Kier molecular flexibility index (Phi) is 6.55. The van der Waals surface area contributed by atoms with Gasteiger partial charge in [-0.25, -0.2) is 8.42 Å². The normalized spacial score (nSPS) is 18.6. The van der Waals surface area contributed by atoms with E-state index < -0.39 is 22.1 Å². The summed E-state index contributed by atoms with van der Waals surface area (Å²) >= 11 is 0. The van der Waals surface area contributed by atoms with Crippen molar-refractivity contribution in [1.82, 2.24) is 0 Å². The summed E-state index contributed by atoms with van der Waals surface area (Å²) in [5, 5.41) is 9.07. The second kappa shape index (κ2) is 9.36. The molecule has 2 aromatic rings. The molecule has 0 amide bonds. The zero-order valence-electron chi connectivity index (χ0n) is 18.3. The van der Waals surface area contributed by atoms with Gasteiger partial charge in [0.05, 0.1) is 17.1 Å². The van der Waals surface area contributed by atoms with Crippen molar-refractivity contribution in [2.24, 2.45) is 0 Å². The lowest BCUT2D eigenvalue weighted by Gasteiger charge is -2.35. The lowest BCUT2D eigenvalue weighted by molar-refractivity contribution is -0.137. The molecule has 0 aromatic heterocycles. The van der Waals surface area contributed by atoms with Crippen LogP contribution in [0.4, 0.5) is 5.69 Å². The maximum atomic E-state index is 13.6. The van der Waals surface area contributed by atoms with Crippen LogP contribution in [-0.4, -0.2) is 32.1 Å². The van der Waals surface area contributed by atoms with Crippen LogP contribution < -0.4 is 9.04 Å². The van der Waals surface area contributed by atoms with Gasteiger partial charge < -0.3 is 9.84 Å². The molecule has 0 saturated heterocycles. The second-order valence-electron chi connectivity index (χ2n) is 8.62. The molecule has 0 radical (unpaired) electrons. The number of carboxylic acids is 1. The van der Waals surface area contributed by atoms with E-state index in [1.165, 1.54) is 29.1 Å². The number of allylic oxidation sites excluding steroid dienone is 1. The predicted octanol–water partition coefficient (Wildman–Crippen LogP) is 5.16. The molecule has 4 rings (SSSR count). The van der Waals surface area contributed by atoms with E-state index in [-0.39, 0.29) is 24.3 Å². The molecule has 1 N–H and O–H groups in total. The van der Waals surface area contributed by atoms with Crippen molar-refractivity contribution < 1.29 is 23.1 Å². The Bertz CT molecular complexity index is 1130. The van der Waals surface area contributed by atoms with E-state index in [0.717, 1.165) is 24.0 Å². The SMILES string of the molecule is Cc1cccc(S(=O)(=O)N2C[C@H](CCC(=O)O)Oc3ccc(C=C4CCCCC4)cc32)c1. The first-order chi connectivity index (χ1) is 15.3. The maximum absolute atomic E-state index is 13.6. The summed E-state index contributed by atoms with van der Waals surface area (Å²) in [6, 6.07) is 12.5. The molecular weight excluding hydrogens is 426 g/mol. The largest absolute Gasteiger partial charge is 0.486 e. The van der Waals surface area contributed by atoms with Gasteiger partial charge in [-0.2, -0.15) is 0 Å². The van der Waals surface area contributed by atoms with Crippen LogP contribution in [0.15, 0.2) is 52.9 Å². The standard InChI is InChI=1S/C25H29NO5S/c1-18-6-5-9-22(14-18)32(29,30)26-17-21(11-13-25(27)28)31-24-12-10-20(16-23(24)26)15-19-7-3-2-4-8-19/h5-6,9-10,12,14-16,21H,2-4,7-8,11,13,17H2,1H3,(H,27,28)/t21-/m0/s1. The van der Waals surface area contributed by atoms with Gasteiger partial charge in [-0.3, -0.25) is 9.10 Å². The summed E-state index contributed by atoms with van der Waals surface area (Å²) < 4.78 is 34.7. The Labute approximate surface area is 189 Å². The average molecular weight is 456 g/mol. The van der Waals surface area contributed by atoms with Crippen molar-refractivity contribution in [1.29, 1.82) is 0 Å². The smallest absolute Gasteiger partial charge is 0.303 e. The highest BCUT2D eigenvalue weighted by atomic mass is 32.2. The van der Waals surface area contributed by atoms with E-state index in [1.54, 1.807) is 24.3 Å². The molecule has 32 heavy (non-hydrogen) atoms. The van der Waals surface area contributed by atoms with Gasteiger partial charge in [-0.05, 0) is 74.4 Å². The lowest BCUT2D eigenvalue weighted by atomic mass is 9.93. The van der Waals surface area contributed by atoms with Crippen LogP contribution in [0.5, 0.6) is 5.75 Å². The molecule has 1 saturated carbocycles. The number of ether oxygens (including phenoxy) is 1.